The number of benzene rings is 1. The van der Waals surface area contributed by atoms with Crippen molar-refractivity contribution in [3.8, 4) is 0 Å². The van der Waals surface area contributed by atoms with Gasteiger partial charge in [0.25, 0.3) is 5.91 Å². The smallest absolute Gasteiger partial charge is 0.253 e. The Morgan fingerprint density at radius 1 is 1.38 bits per heavy atom. The van der Waals surface area contributed by atoms with Gasteiger partial charge < -0.3 is 15.5 Å². The predicted octanol–water partition coefficient (Wildman–Crippen LogP) is 2.65. The van der Waals surface area contributed by atoms with Crippen LogP contribution in [0.5, 0.6) is 0 Å². The summed E-state index contributed by atoms with van der Waals surface area (Å²) in [5.74, 6) is 1.00. The Bertz CT molecular complexity index is 612. The molecule has 1 aromatic carbocycles. The zero-order chi connectivity index (χ0) is 18.9. The summed E-state index contributed by atoms with van der Waals surface area (Å²) in [6, 6.07) is 6.40. The fraction of sp³-hybridized carbons (Fsp3) is 0.579. The van der Waals surface area contributed by atoms with Gasteiger partial charge in [0.15, 0.2) is 0 Å². The second-order valence-electron chi connectivity index (χ2n) is 6.64. The van der Waals surface area contributed by atoms with Crippen LogP contribution in [0.1, 0.15) is 29.6 Å². The number of rotatable bonds is 8. The molecule has 1 aliphatic rings. The van der Waals surface area contributed by atoms with Crippen LogP contribution < -0.4 is 10.6 Å². The summed E-state index contributed by atoms with van der Waals surface area (Å²) in [6.45, 7) is 2.42. The lowest BCUT2D eigenvalue weighted by atomic mass is 9.97. The first-order valence-electron chi connectivity index (χ1n) is 9.04. The highest BCUT2D eigenvalue weighted by Gasteiger charge is 2.30. The third kappa shape index (κ3) is 5.89. The number of likely N-dealkylation sites (tertiary alicyclic amines) is 1. The highest BCUT2D eigenvalue weighted by molar-refractivity contribution is 7.98. The normalized spacial score (nSPS) is 18.4. The number of hydrogen-bond acceptors (Lipinski definition) is 4. The molecule has 2 atom stereocenters. The Balaban J connectivity index is 2.07. The van der Waals surface area contributed by atoms with Crippen molar-refractivity contribution in [1.82, 2.24) is 15.5 Å². The number of amides is 2. The van der Waals surface area contributed by atoms with Gasteiger partial charge in [-0.3, -0.25) is 9.59 Å². The SMILES string of the molecule is CNCC1CCCN(C(=O)C(CCSC)NC(=O)c2ccccc2Cl)C1. The molecule has 1 aliphatic heterocycles. The average molecular weight is 398 g/mol. The van der Waals surface area contributed by atoms with Crippen molar-refractivity contribution in [1.29, 1.82) is 0 Å². The summed E-state index contributed by atoms with van der Waals surface area (Å²) in [6.07, 6.45) is 4.75. The summed E-state index contributed by atoms with van der Waals surface area (Å²) >= 11 is 7.79. The van der Waals surface area contributed by atoms with Crippen LogP contribution in [0, 0.1) is 5.92 Å². The standard InChI is InChI=1S/C19H28ClN3O2S/c1-21-12-14-6-5-10-23(13-14)19(25)17(9-11-26-2)22-18(24)15-7-3-4-8-16(15)20/h3-4,7-8,14,17,21H,5-6,9-13H2,1-2H3,(H,22,24). The molecular formula is C19H28ClN3O2S. The lowest BCUT2D eigenvalue weighted by Gasteiger charge is -2.35. The molecule has 26 heavy (non-hydrogen) atoms. The quantitative estimate of drug-likeness (QED) is 0.707. The van der Waals surface area contributed by atoms with E-state index in [0.717, 1.165) is 38.2 Å². The Morgan fingerprint density at radius 3 is 2.85 bits per heavy atom. The van der Waals surface area contributed by atoms with Crippen molar-refractivity contribution < 1.29 is 9.59 Å². The summed E-state index contributed by atoms with van der Waals surface area (Å²) in [5.41, 5.74) is 0.405. The molecule has 2 rings (SSSR count). The van der Waals surface area contributed by atoms with Crippen LogP contribution in [-0.4, -0.2) is 61.4 Å². The summed E-state index contributed by atoms with van der Waals surface area (Å²) in [7, 11) is 1.94. The van der Waals surface area contributed by atoms with Gasteiger partial charge in [-0.25, -0.2) is 0 Å². The van der Waals surface area contributed by atoms with Crippen molar-refractivity contribution in [3.05, 3.63) is 34.9 Å². The van der Waals surface area contributed by atoms with Crippen LogP contribution in [0.4, 0.5) is 0 Å². The number of piperidine rings is 1. The van der Waals surface area contributed by atoms with Crippen molar-refractivity contribution in [2.75, 3.05) is 38.7 Å². The molecular weight excluding hydrogens is 370 g/mol. The maximum absolute atomic E-state index is 13.1. The van der Waals surface area contributed by atoms with Gasteiger partial charge in [0, 0.05) is 13.1 Å². The molecule has 0 aliphatic carbocycles. The lowest BCUT2D eigenvalue weighted by molar-refractivity contribution is -0.135. The van der Waals surface area contributed by atoms with E-state index in [1.807, 2.05) is 18.2 Å². The maximum atomic E-state index is 13.1. The number of carbonyl (C=O) groups excluding carboxylic acids is 2. The number of halogens is 1. The number of nitrogens with zero attached hydrogens (tertiary/aromatic N) is 1. The molecule has 0 saturated carbocycles. The first kappa shape index (κ1) is 21.1. The second kappa shape index (κ2) is 10.8. The monoisotopic (exact) mass is 397 g/mol. The van der Waals surface area contributed by atoms with Gasteiger partial charge in [0.1, 0.15) is 6.04 Å². The fourth-order valence-corrected chi connectivity index (χ4v) is 4.01. The molecule has 1 fully saturated rings. The number of hydrogen-bond donors (Lipinski definition) is 2. The summed E-state index contributed by atoms with van der Waals surface area (Å²) in [4.78, 5) is 27.6. The Morgan fingerprint density at radius 2 is 2.15 bits per heavy atom. The molecule has 0 spiro atoms. The molecule has 5 nitrogen and oxygen atoms in total. The minimum atomic E-state index is -0.514. The van der Waals surface area contributed by atoms with Crippen LogP contribution in [-0.2, 0) is 4.79 Å². The van der Waals surface area contributed by atoms with Crippen LogP contribution >= 0.6 is 23.4 Å². The third-order valence-electron chi connectivity index (χ3n) is 4.66. The van der Waals surface area contributed by atoms with E-state index >= 15 is 0 Å². The number of nitrogens with one attached hydrogen (secondary N) is 2. The highest BCUT2D eigenvalue weighted by atomic mass is 35.5. The minimum Gasteiger partial charge on any atom is -0.341 e. The maximum Gasteiger partial charge on any atom is 0.253 e. The van der Waals surface area contributed by atoms with Gasteiger partial charge in [0.2, 0.25) is 5.91 Å². The van der Waals surface area contributed by atoms with E-state index in [4.69, 9.17) is 11.6 Å². The van der Waals surface area contributed by atoms with E-state index in [0.29, 0.717) is 22.9 Å². The summed E-state index contributed by atoms with van der Waals surface area (Å²) in [5, 5.41) is 6.50. The van der Waals surface area contributed by atoms with Crippen molar-refractivity contribution in [2.45, 2.75) is 25.3 Å². The Labute approximate surface area is 165 Å². The largest absolute Gasteiger partial charge is 0.341 e. The van der Waals surface area contributed by atoms with Crippen molar-refractivity contribution >= 4 is 35.2 Å². The molecule has 0 aromatic heterocycles. The molecule has 0 bridgehead atoms. The first-order valence-corrected chi connectivity index (χ1v) is 10.8. The molecule has 2 N–H and O–H groups in total. The second-order valence-corrected chi connectivity index (χ2v) is 8.03. The third-order valence-corrected chi connectivity index (χ3v) is 5.63. The minimum absolute atomic E-state index is 0.0141. The van der Waals surface area contributed by atoms with Gasteiger partial charge in [0.05, 0.1) is 10.6 Å². The van der Waals surface area contributed by atoms with E-state index in [2.05, 4.69) is 10.6 Å². The predicted molar refractivity (Wildman–Crippen MR) is 109 cm³/mol. The van der Waals surface area contributed by atoms with Gasteiger partial charge >= 0.3 is 0 Å². The van der Waals surface area contributed by atoms with E-state index in [1.165, 1.54) is 0 Å². The molecule has 1 saturated heterocycles. The lowest BCUT2D eigenvalue weighted by Crippen LogP contribution is -2.52. The Kier molecular flexibility index (Phi) is 8.75. The topological polar surface area (TPSA) is 61.4 Å². The van der Waals surface area contributed by atoms with Crippen molar-refractivity contribution in [2.24, 2.45) is 5.92 Å². The molecule has 144 valence electrons. The van der Waals surface area contributed by atoms with Crippen LogP contribution in [0.3, 0.4) is 0 Å². The van der Waals surface area contributed by atoms with Crippen LogP contribution in [0.15, 0.2) is 24.3 Å². The molecule has 7 heteroatoms. The van der Waals surface area contributed by atoms with Gasteiger partial charge in [-0.1, -0.05) is 23.7 Å². The van der Waals surface area contributed by atoms with Crippen LogP contribution in [0.25, 0.3) is 0 Å². The van der Waals surface area contributed by atoms with Gasteiger partial charge in [-0.05, 0) is 62.9 Å². The average Bonchev–Trinajstić information content (AvgIpc) is 2.65. The van der Waals surface area contributed by atoms with E-state index in [9.17, 15) is 9.59 Å². The molecule has 2 unspecified atom stereocenters. The molecule has 1 aromatic rings. The number of carbonyl (C=O) groups is 2. The molecule has 0 radical (unpaired) electrons. The Hall–Kier alpha value is -1.24. The van der Waals surface area contributed by atoms with E-state index < -0.39 is 6.04 Å². The van der Waals surface area contributed by atoms with Crippen LogP contribution in [0.2, 0.25) is 5.02 Å². The zero-order valence-electron chi connectivity index (χ0n) is 15.5. The number of thioether (sulfide) groups is 1. The fourth-order valence-electron chi connectivity index (χ4n) is 3.32. The first-order chi connectivity index (χ1) is 12.6. The van der Waals surface area contributed by atoms with Crippen molar-refractivity contribution in [3.63, 3.8) is 0 Å². The highest BCUT2D eigenvalue weighted by Crippen LogP contribution is 2.19. The van der Waals surface area contributed by atoms with Gasteiger partial charge in [-0.2, -0.15) is 11.8 Å². The summed E-state index contributed by atoms with van der Waals surface area (Å²) < 4.78 is 0. The molecule has 2 amide bonds. The van der Waals surface area contributed by atoms with Gasteiger partial charge in [-0.15, -0.1) is 0 Å². The molecule has 1 heterocycles. The van der Waals surface area contributed by atoms with E-state index in [-0.39, 0.29) is 11.8 Å². The zero-order valence-corrected chi connectivity index (χ0v) is 17.0. The van der Waals surface area contributed by atoms with E-state index in [1.54, 1.807) is 36.0 Å².